The average molecular weight is 309 g/mol. The van der Waals surface area contributed by atoms with Crippen molar-refractivity contribution in [2.75, 3.05) is 0 Å². The van der Waals surface area contributed by atoms with Gasteiger partial charge in [0, 0.05) is 5.56 Å². The highest BCUT2D eigenvalue weighted by Crippen LogP contribution is 2.30. The second-order valence-corrected chi connectivity index (χ2v) is 4.94. The maximum Gasteiger partial charge on any atom is 0.416 e. The first-order valence-electron chi connectivity index (χ1n) is 6.63. The van der Waals surface area contributed by atoms with Crippen LogP contribution in [0.1, 0.15) is 29.9 Å². The fourth-order valence-electron chi connectivity index (χ4n) is 1.81. The van der Waals surface area contributed by atoms with Gasteiger partial charge in [-0.1, -0.05) is 18.2 Å². The summed E-state index contributed by atoms with van der Waals surface area (Å²) in [4.78, 5) is 15.9. The lowest BCUT2D eigenvalue weighted by Crippen LogP contribution is -2.13. The van der Waals surface area contributed by atoms with Crippen molar-refractivity contribution in [2.24, 2.45) is 0 Å². The Kier molecular flexibility index (Phi) is 4.49. The monoisotopic (exact) mass is 309 g/mol. The maximum atomic E-state index is 12.5. The molecule has 6 heteroatoms. The van der Waals surface area contributed by atoms with Crippen molar-refractivity contribution in [3.63, 3.8) is 0 Å². The molecule has 0 amide bonds. The molecule has 1 heterocycles. The standard InChI is InChI=1S/C16H14F3NO2/c1-10(2)22-15(21)14-5-3-4-13(20-14)11-6-8-12(9-7-11)16(17,18)19/h3-10H,1-2H3. The van der Waals surface area contributed by atoms with Crippen molar-refractivity contribution in [3.05, 3.63) is 53.7 Å². The van der Waals surface area contributed by atoms with Gasteiger partial charge in [-0.05, 0) is 38.1 Å². The summed E-state index contributed by atoms with van der Waals surface area (Å²) in [6.45, 7) is 3.44. The summed E-state index contributed by atoms with van der Waals surface area (Å²) in [7, 11) is 0. The number of ether oxygens (including phenoxy) is 1. The van der Waals surface area contributed by atoms with E-state index in [4.69, 9.17) is 4.74 Å². The van der Waals surface area contributed by atoms with Gasteiger partial charge in [0.25, 0.3) is 0 Å². The number of carbonyl (C=O) groups is 1. The first-order valence-corrected chi connectivity index (χ1v) is 6.63. The Hall–Kier alpha value is -2.37. The third-order valence-electron chi connectivity index (χ3n) is 2.81. The minimum absolute atomic E-state index is 0.117. The molecule has 2 aromatic rings. The highest BCUT2D eigenvalue weighted by Gasteiger charge is 2.30. The van der Waals surface area contributed by atoms with Gasteiger partial charge in [0.05, 0.1) is 17.4 Å². The van der Waals surface area contributed by atoms with Crippen LogP contribution in [0.5, 0.6) is 0 Å². The quantitative estimate of drug-likeness (QED) is 0.792. The average Bonchev–Trinajstić information content (AvgIpc) is 2.46. The van der Waals surface area contributed by atoms with Crippen LogP contribution < -0.4 is 0 Å². The molecular formula is C16H14F3NO2. The van der Waals surface area contributed by atoms with Crippen LogP contribution in [0, 0.1) is 0 Å². The maximum absolute atomic E-state index is 12.5. The summed E-state index contributed by atoms with van der Waals surface area (Å²) in [5, 5.41) is 0. The number of hydrogen-bond acceptors (Lipinski definition) is 3. The van der Waals surface area contributed by atoms with E-state index in [0.717, 1.165) is 12.1 Å². The van der Waals surface area contributed by atoms with Crippen molar-refractivity contribution in [3.8, 4) is 11.3 Å². The molecule has 0 aliphatic rings. The Morgan fingerprint density at radius 2 is 1.73 bits per heavy atom. The lowest BCUT2D eigenvalue weighted by Gasteiger charge is -2.09. The number of esters is 1. The van der Waals surface area contributed by atoms with Gasteiger partial charge < -0.3 is 4.74 Å². The summed E-state index contributed by atoms with van der Waals surface area (Å²) in [6.07, 6.45) is -4.65. The molecule has 0 radical (unpaired) electrons. The molecule has 0 spiro atoms. The first kappa shape index (κ1) is 16.0. The highest BCUT2D eigenvalue weighted by molar-refractivity contribution is 5.88. The molecule has 0 aliphatic carbocycles. The van der Waals surface area contributed by atoms with Gasteiger partial charge in [-0.2, -0.15) is 13.2 Å². The number of rotatable bonds is 3. The van der Waals surface area contributed by atoms with E-state index in [9.17, 15) is 18.0 Å². The molecular weight excluding hydrogens is 295 g/mol. The van der Waals surface area contributed by atoms with E-state index in [1.807, 2.05) is 0 Å². The fourth-order valence-corrected chi connectivity index (χ4v) is 1.81. The molecule has 0 aliphatic heterocycles. The number of alkyl halides is 3. The molecule has 0 fully saturated rings. The van der Waals surface area contributed by atoms with Crippen molar-refractivity contribution >= 4 is 5.97 Å². The number of nitrogens with zero attached hydrogens (tertiary/aromatic N) is 1. The van der Waals surface area contributed by atoms with Crippen molar-refractivity contribution in [2.45, 2.75) is 26.1 Å². The molecule has 2 rings (SSSR count). The zero-order chi connectivity index (χ0) is 16.3. The van der Waals surface area contributed by atoms with Crippen LogP contribution in [-0.2, 0) is 10.9 Å². The number of hydrogen-bond donors (Lipinski definition) is 0. The molecule has 3 nitrogen and oxygen atoms in total. The van der Waals surface area contributed by atoms with E-state index in [1.165, 1.54) is 18.2 Å². The molecule has 116 valence electrons. The Morgan fingerprint density at radius 1 is 1.09 bits per heavy atom. The summed E-state index contributed by atoms with van der Waals surface area (Å²) in [6, 6.07) is 9.33. The molecule has 22 heavy (non-hydrogen) atoms. The van der Waals surface area contributed by atoms with E-state index in [2.05, 4.69) is 4.98 Å². The zero-order valence-electron chi connectivity index (χ0n) is 12.0. The molecule has 0 saturated heterocycles. The Morgan fingerprint density at radius 3 is 2.27 bits per heavy atom. The Balaban J connectivity index is 2.28. The molecule has 1 aromatic carbocycles. The van der Waals surface area contributed by atoms with E-state index in [1.54, 1.807) is 26.0 Å². The lowest BCUT2D eigenvalue weighted by molar-refractivity contribution is -0.137. The third kappa shape index (κ3) is 3.84. The second kappa shape index (κ2) is 6.17. The van der Waals surface area contributed by atoms with Crippen molar-refractivity contribution in [1.82, 2.24) is 4.98 Å². The first-order chi connectivity index (χ1) is 10.3. The van der Waals surface area contributed by atoms with Crippen LogP contribution in [0.2, 0.25) is 0 Å². The van der Waals surface area contributed by atoms with Crippen LogP contribution in [0.25, 0.3) is 11.3 Å². The van der Waals surface area contributed by atoms with Gasteiger partial charge in [-0.3, -0.25) is 0 Å². The van der Waals surface area contributed by atoms with Crippen LogP contribution in [-0.4, -0.2) is 17.1 Å². The van der Waals surface area contributed by atoms with Crippen LogP contribution in [0.3, 0.4) is 0 Å². The van der Waals surface area contributed by atoms with Gasteiger partial charge in [0.15, 0.2) is 0 Å². The molecule has 0 unspecified atom stereocenters. The normalized spacial score (nSPS) is 11.5. The van der Waals surface area contributed by atoms with E-state index >= 15 is 0 Å². The fraction of sp³-hybridized carbons (Fsp3) is 0.250. The van der Waals surface area contributed by atoms with Crippen molar-refractivity contribution < 1.29 is 22.7 Å². The zero-order valence-corrected chi connectivity index (χ0v) is 12.0. The summed E-state index contributed by atoms with van der Waals surface area (Å²) in [5.41, 5.74) is 0.289. The van der Waals surface area contributed by atoms with Gasteiger partial charge in [-0.15, -0.1) is 0 Å². The summed E-state index contributed by atoms with van der Waals surface area (Å²) < 4.78 is 42.7. The van der Waals surface area contributed by atoms with E-state index < -0.39 is 17.7 Å². The van der Waals surface area contributed by atoms with Gasteiger partial charge in [-0.25, -0.2) is 9.78 Å². The molecule has 1 aromatic heterocycles. The predicted octanol–water partition coefficient (Wildman–Crippen LogP) is 4.33. The van der Waals surface area contributed by atoms with Gasteiger partial charge in [0.2, 0.25) is 0 Å². The number of aromatic nitrogens is 1. The topological polar surface area (TPSA) is 39.2 Å². The minimum Gasteiger partial charge on any atom is -0.458 e. The molecule has 0 atom stereocenters. The molecule has 0 N–H and O–H groups in total. The Bertz CT molecular complexity index is 664. The number of carbonyl (C=O) groups excluding carboxylic acids is 1. The number of halogens is 3. The summed E-state index contributed by atoms with van der Waals surface area (Å²) >= 11 is 0. The van der Waals surface area contributed by atoms with E-state index in [0.29, 0.717) is 11.3 Å². The SMILES string of the molecule is CC(C)OC(=O)c1cccc(-c2ccc(C(F)(F)F)cc2)n1. The number of pyridine rings is 1. The largest absolute Gasteiger partial charge is 0.458 e. The van der Waals surface area contributed by atoms with Gasteiger partial charge in [0.1, 0.15) is 5.69 Å². The molecule has 0 bridgehead atoms. The third-order valence-corrected chi connectivity index (χ3v) is 2.81. The number of benzene rings is 1. The summed E-state index contributed by atoms with van der Waals surface area (Å²) in [5.74, 6) is -0.566. The molecule has 0 saturated carbocycles. The Labute approximate surface area is 125 Å². The highest BCUT2D eigenvalue weighted by atomic mass is 19.4. The van der Waals surface area contributed by atoms with Crippen molar-refractivity contribution in [1.29, 1.82) is 0 Å². The predicted molar refractivity (Wildman–Crippen MR) is 75.2 cm³/mol. The van der Waals surface area contributed by atoms with E-state index in [-0.39, 0.29) is 11.8 Å². The minimum atomic E-state index is -4.38. The second-order valence-electron chi connectivity index (χ2n) is 4.94. The van der Waals surface area contributed by atoms with Crippen LogP contribution in [0.15, 0.2) is 42.5 Å². The lowest BCUT2D eigenvalue weighted by atomic mass is 10.1. The van der Waals surface area contributed by atoms with Crippen LogP contribution >= 0.6 is 0 Å². The van der Waals surface area contributed by atoms with Crippen LogP contribution in [0.4, 0.5) is 13.2 Å². The van der Waals surface area contributed by atoms with Gasteiger partial charge >= 0.3 is 12.1 Å². The smallest absolute Gasteiger partial charge is 0.416 e.